The molecule has 0 saturated heterocycles. The Hall–Kier alpha value is -6.40. The number of carboxylic acids is 1. The number of hydrogen-bond donors (Lipinski definition) is 4. The summed E-state index contributed by atoms with van der Waals surface area (Å²) in [5, 5.41) is 19.7. The van der Waals surface area contributed by atoms with E-state index in [1.165, 1.54) is 11.3 Å². The van der Waals surface area contributed by atoms with Crippen molar-refractivity contribution in [2.24, 2.45) is 11.8 Å². The zero-order valence-corrected chi connectivity index (χ0v) is 34.0. The lowest BCUT2D eigenvalue weighted by molar-refractivity contribution is -0.137. The average molecular weight is 828 g/mol. The zero-order chi connectivity index (χ0) is 42.3. The van der Waals surface area contributed by atoms with Gasteiger partial charge in [-0.2, -0.15) is 0 Å². The number of ether oxygens (including phenoxy) is 1. The molecule has 7 rings (SSSR count). The van der Waals surface area contributed by atoms with Crippen molar-refractivity contribution < 1.29 is 38.6 Å². The highest BCUT2D eigenvalue weighted by Crippen LogP contribution is 2.23. The molecule has 3 amide bonds. The summed E-state index contributed by atoms with van der Waals surface area (Å²) >= 11 is 1.47. The molecule has 2 bridgehead atoms. The van der Waals surface area contributed by atoms with Crippen molar-refractivity contribution in [2.75, 3.05) is 13.2 Å². The lowest BCUT2D eigenvalue weighted by atomic mass is 9.89. The minimum atomic E-state index is -1.13. The first kappa shape index (κ1) is 43.2. The Morgan fingerprint density at radius 3 is 2.02 bits per heavy atom. The fourth-order valence-electron chi connectivity index (χ4n) is 7.24. The first-order valence-corrected chi connectivity index (χ1v) is 21.0. The maximum absolute atomic E-state index is 14.6. The molecule has 5 aromatic rings. The third-order valence-electron chi connectivity index (χ3n) is 10.5. The zero-order valence-electron chi connectivity index (χ0n) is 33.2. The second kappa shape index (κ2) is 21.6. The Balaban J connectivity index is 1.33. The lowest BCUT2D eigenvalue weighted by Gasteiger charge is -2.26. The quantitative estimate of drug-likeness (QED) is 0.108. The second-order valence-corrected chi connectivity index (χ2v) is 16.1. The number of ketones is 2. The molecule has 11 nitrogen and oxygen atoms in total. The third-order valence-corrected chi connectivity index (χ3v) is 11.4. The number of carboxylic acid groups (broad SMARTS) is 1. The SMILES string of the molecule is O=C(O)CCCNC(=O)[C@H]1CC(=O)[C@H](Cc2ccccc2)NC(=O)[C@H](Cc2ccc(-c3ccccc3)cc2)NC(=O)[C@H](Cc2cccs2)CC(=O)COc2ccc(cc2)C1. The van der Waals surface area contributed by atoms with Crippen molar-refractivity contribution in [3.63, 3.8) is 0 Å². The molecular formula is C48H49N3O8S. The summed E-state index contributed by atoms with van der Waals surface area (Å²) in [4.78, 5) is 82.4. The van der Waals surface area contributed by atoms with E-state index in [9.17, 15) is 28.8 Å². The topological polar surface area (TPSA) is 168 Å². The lowest BCUT2D eigenvalue weighted by Crippen LogP contribution is -2.54. The molecule has 0 fully saturated rings. The highest BCUT2D eigenvalue weighted by atomic mass is 32.1. The maximum atomic E-state index is 14.6. The Labute approximate surface area is 353 Å². The molecule has 0 spiro atoms. The summed E-state index contributed by atoms with van der Waals surface area (Å²) in [7, 11) is 0. The van der Waals surface area contributed by atoms with E-state index in [2.05, 4.69) is 16.0 Å². The predicted molar refractivity (Wildman–Crippen MR) is 229 cm³/mol. The summed E-state index contributed by atoms with van der Waals surface area (Å²) in [6.45, 7) is -0.162. The predicted octanol–water partition coefficient (Wildman–Crippen LogP) is 6.18. The standard InChI is InChI=1S/C48H49N3O8S/c52-39-28-38(29-41-13-8-24-60-41)47(57)51-43(27-34-15-19-36(20-16-34)35-11-5-2-6-12-35)48(58)50-42(26-32-9-3-1-4-10-32)44(53)30-37(46(56)49-23-7-14-45(54)55)25-33-17-21-40(22-18-33)59-31-39/h1-6,8-13,15-22,24,37-38,42-43H,7,14,23,25-31H2,(H,49,56)(H,50,58)(H,51,57)(H,54,55)/t37-,38+,42+,43+/m1/s1. The monoisotopic (exact) mass is 827 g/mol. The van der Waals surface area contributed by atoms with Crippen LogP contribution in [0.25, 0.3) is 11.1 Å². The van der Waals surface area contributed by atoms with Crippen LogP contribution in [-0.2, 0) is 54.5 Å². The van der Waals surface area contributed by atoms with Gasteiger partial charge in [-0.15, -0.1) is 11.3 Å². The normalized spacial score (nSPS) is 19.2. The molecule has 2 aliphatic rings. The van der Waals surface area contributed by atoms with Gasteiger partial charge in [0, 0.05) is 48.9 Å². The fourth-order valence-corrected chi connectivity index (χ4v) is 8.02. The van der Waals surface area contributed by atoms with Gasteiger partial charge in [0.2, 0.25) is 17.7 Å². The van der Waals surface area contributed by atoms with E-state index >= 15 is 0 Å². The van der Waals surface area contributed by atoms with Crippen LogP contribution in [-0.4, -0.2) is 65.6 Å². The van der Waals surface area contributed by atoms with Crippen molar-refractivity contribution >= 4 is 46.6 Å². The number of nitrogens with one attached hydrogen (secondary N) is 3. The Bertz CT molecular complexity index is 2210. The molecule has 0 aliphatic carbocycles. The number of fused-ring (bicyclic) bond motifs is 16. The summed E-state index contributed by atoms with van der Waals surface area (Å²) in [6.07, 6.45) is 0.417. The van der Waals surface area contributed by atoms with E-state index < -0.39 is 47.6 Å². The molecule has 12 heteroatoms. The molecule has 2 aliphatic heterocycles. The van der Waals surface area contributed by atoms with Crippen molar-refractivity contribution in [1.82, 2.24) is 16.0 Å². The number of benzene rings is 4. The van der Waals surface area contributed by atoms with Crippen LogP contribution in [0.4, 0.5) is 0 Å². The number of rotatable bonds is 12. The molecule has 0 radical (unpaired) electrons. The van der Waals surface area contributed by atoms with E-state index in [4.69, 9.17) is 9.84 Å². The molecule has 3 heterocycles. The molecule has 1 aromatic heterocycles. The van der Waals surface area contributed by atoms with Gasteiger partial charge in [0.05, 0.1) is 6.04 Å². The molecule has 4 N–H and O–H groups in total. The molecule has 60 heavy (non-hydrogen) atoms. The highest BCUT2D eigenvalue weighted by molar-refractivity contribution is 7.09. The Morgan fingerprint density at radius 2 is 1.33 bits per heavy atom. The highest BCUT2D eigenvalue weighted by Gasteiger charge is 2.33. The first-order valence-electron chi connectivity index (χ1n) is 20.2. The van der Waals surface area contributed by atoms with Crippen LogP contribution in [0.15, 0.2) is 127 Å². The van der Waals surface area contributed by atoms with Gasteiger partial charge in [-0.1, -0.05) is 103 Å². The van der Waals surface area contributed by atoms with Crippen molar-refractivity contribution in [2.45, 2.75) is 63.5 Å². The van der Waals surface area contributed by atoms with Crippen LogP contribution in [0.1, 0.15) is 47.3 Å². The van der Waals surface area contributed by atoms with Gasteiger partial charge in [0.15, 0.2) is 11.6 Å². The summed E-state index contributed by atoms with van der Waals surface area (Å²) in [5.74, 6) is -4.38. The third kappa shape index (κ3) is 13.1. The number of amides is 3. The smallest absolute Gasteiger partial charge is 0.303 e. The van der Waals surface area contributed by atoms with E-state index in [1.807, 2.05) is 102 Å². The van der Waals surface area contributed by atoms with Gasteiger partial charge in [0.1, 0.15) is 18.4 Å². The Kier molecular flexibility index (Phi) is 15.5. The van der Waals surface area contributed by atoms with Gasteiger partial charge in [0.25, 0.3) is 0 Å². The van der Waals surface area contributed by atoms with Crippen LogP contribution >= 0.6 is 11.3 Å². The van der Waals surface area contributed by atoms with Crippen molar-refractivity contribution in [3.05, 3.63) is 148 Å². The van der Waals surface area contributed by atoms with Gasteiger partial charge >= 0.3 is 5.97 Å². The minimum absolute atomic E-state index is 0.0943. The first-order chi connectivity index (χ1) is 29.1. The van der Waals surface area contributed by atoms with Gasteiger partial charge in [-0.25, -0.2) is 0 Å². The average Bonchev–Trinajstić information content (AvgIpc) is 3.77. The number of Topliss-reactive ketones (excluding diaryl/α,β-unsaturated/α-hetero) is 2. The van der Waals surface area contributed by atoms with Crippen molar-refractivity contribution in [3.8, 4) is 16.9 Å². The van der Waals surface area contributed by atoms with Crippen LogP contribution in [0.2, 0.25) is 0 Å². The number of hydrogen-bond acceptors (Lipinski definition) is 8. The van der Waals surface area contributed by atoms with E-state index in [1.54, 1.807) is 24.3 Å². The van der Waals surface area contributed by atoms with Crippen LogP contribution in [0, 0.1) is 11.8 Å². The summed E-state index contributed by atoms with van der Waals surface area (Å²) < 4.78 is 5.84. The number of aliphatic carboxylic acids is 1. The number of carbonyl (C=O) groups excluding carboxylic acids is 5. The number of carbonyl (C=O) groups is 6. The molecule has 4 atom stereocenters. The summed E-state index contributed by atoms with van der Waals surface area (Å²) in [5.41, 5.74) is 4.29. The molecule has 310 valence electrons. The van der Waals surface area contributed by atoms with E-state index in [0.717, 1.165) is 32.7 Å². The molecule has 0 saturated carbocycles. The molecule has 4 aromatic carbocycles. The van der Waals surface area contributed by atoms with Crippen LogP contribution in [0.3, 0.4) is 0 Å². The van der Waals surface area contributed by atoms with Crippen LogP contribution < -0.4 is 20.7 Å². The van der Waals surface area contributed by atoms with Gasteiger partial charge < -0.3 is 25.8 Å². The van der Waals surface area contributed by atoms with E-state index in [0.29, 0.717) is 5.75 Å². The summed E-state index contributed by atoms with van der Waals surface area (Å²) in [6, 6.07) is 35.3. The van der Waals surface area contributed by atoms with Crippen LogP contribution in [0.5, 0.6) is 5.75 Å². The molecular weight excluding hydrogens is 779 g/mol. The van der Waals surface area contributed by atoms with Crippen molar-refractivity contribution in [1.29, 1.82) is 0 Å². The Morgan fingerprint density at radius 1 is 0.683 bits per heavy atom. The largest absolute Gasteiger partial charge is 0.486 e. The van der Waals surface area contributed by atoms with Gasteiger partial charge in [-0.05, 0) is 77.1 Å². The van der Waals surface area contributed by atoms with E-state index in [-0.39, 0.29) is 76.1 Å². The fraction of sp³-hybridized carbons (Fsp3) is 0.292. The minimum Gasteiger partial charge on any atom is -0.486 e. The van der Waals surface area contributed by atoms with Gasteiger partial charge in [-0.3, -0.25) is 28.8 Å². The molecule has 0 unspecified atom stereocenters. The maximum Gasteiger partial charge on any atom is 0.303 e. The number of thiophene rings is 1. The second-order valence-electron chi connectivity index (χ2n) is 15.1.